The van der Waals surface area contributed by atoms with Crippen molar-refractivity contribution < 1.29 is 4.79 Å². The Morgan fingerprint density at radius 3 is 1.29 bits per heavy atom. The lowest BCUT2D eigenvalue weighted by Gasteiger charge is -2.07. The van der Waals surface area contributed by atoms with Crippen LogP contribution in [0.2, 0.25) is 0 Å². The summed E-state index contributed by atoms with van der Waals surface area (Å²) in [6, 6.07) is 0. The highest BCUT2D eigenvalue weighted by molar-refractivity contribution is 5.77. The largest absolute Gasteiger partial charge is 0.355 e. The molecule has 2 N–H and O–H groups in total. The lowest BCUT2D eigenvalue weighted by atomic mass is 10.1. The molecule has 1 amide bonds. The van der Waals surface area contributed by atoms with Gasteiger partial charge in [-0.15, -0.1) is 0 Å². The summed E-state index contributed by atoms with van der Waals surface area (Å²) in [5, 5.41) is 6.31. The maximum atomic E-state index is 11.8. The summed E-state index contributed by atoms with van der Waals surface area (Å²) >= 11 is 0. The molecule has 3 nitrogen and oxygen atoms in total. The molecule has 0 heterocycles. The summed E-state index contributed by atoms with van der Waals surface area (Å²) < 4.78 is 0. The van der Waals surface area contributed by atoms with Crippen molar-refractivity contribution >= 4 is 5.91 Å². The predicted octanol–water partition coefficient (Wildman–Crippen LogP) is 7.14. The van der Waals surface area contributed by atoms with Gasteiger partial charge in [0.05, 0.1) is 6.54 Å². The van der Waals surface area contributed by atoms with Gasteiger partial charge < -0.3 is 10.6 Å². The number of unbranched alkanes of at least 4 members (excludes halogenated alkanes) is 17. The van der Waals surface area contributed by atoms with E-state index in [-0.39, 0.29) is 5.91 Å². The van der Waals surface area contributed by atoms with Gasteiger partial charge in [0.15, 0.2) is 0 Å². The van der Waals surface area contributed by atoms with Crippen LogP contribution in [0, 0.1) is 0 Å². The molecular formula is C25H52N2O. The second-order valence-electron chi connectivity index (χ2n) is 8.54. The monoisotopic (exact) mass is 396 g/mol. The van der Waals surface area contributed by atoms with Crippen LogP contribution in [0.25, 0.3) is 0 Å². The third-order valence-corrected chi connectivity index (χ3v) is 5.60. The number of amides is 1. The Balaban J connectivity index is 3.13. The first-order valence-corrected chi connectivity index (χ1v) is 12.8. The Morgan fingerprint density at radius 1 is 0.500 bits per heavy atom. The Kier molecular flexibility index (Phi) is 24.0. The van der Waals surface area contributed by atoms with Crippen molar-refractivity contribution in [3.05, 3.63) is 0 Å². The Labute approximate surface area is 177 Å². The number of carbonyl (C=O) groups excluding carboxylic acids is 1. The highest BCUT2D eigenvalue weighted by Gasteiger charge is 2.00. The summed E-state index contributed by atoms with van der Waals surface area (Å²) in [6.45, 7) is 6.83. The van der Waals surface area contributed by atoms with E-state index in [0.29, 0.717) is 6.54 Å². The number of carbonyl (C=O) groups is 1. The van der Waals surface area contributed by atoms with E-state index >= 15 is 0 Å². The number of hydrogen-bond donors (Lipinski definition) is 2. The molecule has 0 fully saturated rings. The minimum atomic E-state index is 0.158. The van der Waals surface area contributed by atoms with Crippen LogP contribution in [0.1, 0.15) is 136 Å². The van der Waals surface area contributed by atoms with Gasteiger partial charge in [-0.1, -0.05) is 123 Å². The first kappa shape index (κ1) is 27.4. The maximum absolute atomic E-state index is 11.8. The van der Waals surface area contributed by atoms with Crippen LogP contribution in [0.15, 0.2) is 0 Å². The van der Waals surface area contributed by atoms with Crippen LogP contribution >= 0.6 is 0 Å². The fraction of sp³-hybridized carbons (Fsp3) is 0.960. The molecule has 0 aliphatic rings. The van der Waals surface area contributed by atoms with E-state index in [1.807, 2.05) is 0 Å². The fourth-order valence-electron chi connectivity index (χ4n) is 3.67. The van der Waals surface area contributed by atoms with Crippen LogP contribution in [-0.4, -0.2) is 25.5 Å². The molecule has 0 radical (unpaired) electrons. The van der Waals surface area contributed by atoms with Gasteiger partial charge in [0.25, 0.3) is 0 Å². The molecule has 0 aromatic carbocycles. The molecule has 0 unspecified atom stereocenters. The van der Waals surface area contributed by atoms with Gasteiger partial charge in [-0.25, -0.2) is 0 Å². The van der Waals surface area contributed by atoms with Crippen molar-refractivity contribution in [1.82, 2.24) is 10.6 Å². The second-order valence-corrected chi connectivity index (χ2v) is 8.54. The van der Waals surface area contributed by atoms with Crippen LogP contribution in [0.4, 0.5) is 0 Å². The predicted molar refractivity (Wildman–Crippen MR) is 125 cm³/mol. The molecule has 0 aromatic rings. The van der Waals surface area contributed by atoms with Crippen molar-refractivity contribution in [2.75, 3.05) is 19.6 Å². The first-order valence-electron chi connectivity index (χ1n) is 12.8. The fourth-order valence-corrected chi connectivity index (χ4v) is 3.67. The molecule has 168 valence electrons. The summed E-state index contributed by atoms with van der Waals surface area (Å²) in [5.74, 6) is 0.158. The standard InChI is InChI=1S/C25H52N2O/c1-3-5-7-9-11-12-13-14-15-17-19-21-23-27-25(28)24-26-22-20-18-16-10-8-6-4-2/h26H,3-24H2,1-2H3,(H,27,28). The minimum Gasteiger partial charge on any atom is -0.355 e. The third kappa shape index (κ3) is 23.5. The molecular weight excluding hydrogens is 344 g/mol. The van der Waals surface area contributed by atoms with Crippen molar-refractivity contribution in [3.8, 4) is 0 Å². The topological polar surface area (TPSA) is 41.1 Å². The lowest BCUT2D eigenvalue weighted by Crippen LogP contribution is -2.34. The molecule has 0 aliphatic carbocycles. The van der Waals surface area contributed by atoms with Gasteiger partial charge in [-0.3, -0.25) is 4.79 Å². The second kappa shape index (κ2) is 24.5. The van der Waals surface area contributed by atoms with E-state index in [1.165, 1.54) is 116 Å². The molecule has 3 heteroatoms. The first-order chi connectivity index (χ1) is 13.8. The molecule has 0 spiro atoms. The van der Waals surface area contributed by atoms with Crippen molar-refractivity contribution in [3.63, 3.8) is 0 Å². The van der Waals surface area contributed by atoms with E-state index in [2.05, 4.69) is 24.5 Å². The van der Waals surface area contributed by atoms with Crippen LogP contribution in [0.5, 0.6) is 0 Å². The van der Waals surface area contributed by atoms with E-state index in [4.69, 9.17) is 0 Å². The molecule has 0 aliphatic heterocycles. The molecule has 0 bridgehead atoms. The van der Waals surface area contributed by atoms with Gasteiger partial charge in [-0.05, 0) is 19.4 Å². The molecule has 0 atom stereocenters. The summed E-state index contributed by atoms with van der Waals surface area (Å²) in [4.78, 5) is 11.8. The third-order valence-electron chi connectivity index (χ3n) is 5.60. The van der Waals surface area contributed by atoms with E-state index < -0.39 is 0 Å². The van der Waals surface area contributed by atoms with Crippen LogP contribution in [0.3, 0.4) is 0 Å². The van der Waals surface area contributed by atoms with Gasteiger partial charge in [0.2, 0.25) is 5.91 Å². The Bertz CT molecular complexity index is 307. The smallest absolute Gasteiger partial charge is 0.233 e. The van der Waals surface area contributed by atoms with Crippen LogP contribution < -0.4 is 10.6 Å². The summed E-state index contributed by atoms with van der Waals surface area (Å²) in [6.07, 6.45) is 25.6. The highest BCUT2D eigenvalue weighted by atomic mass is 16.1. The zero-order valence-corrected chi connectivity index (χ0v) is 19.5. The molecule has 0 rings (SSSR count). The van der Waals surface area contributed by atoms with E-state index in [1.54, 1.807) is 0 Å². The summed E-state index contributed by atoms with van der Waals surface area (Å²) in [7, 11) is 0. The normalized spacial score (nSPS) is 11.1. The van der Waals surface area contributed by atoms with Gasteiger partial charge >= 0.3 is 0 Å². The quantitative estimate of drug-likeness (QED) is 0.180. The Hall–Kier alpha value is -0.570. The summed E-state index contributed by atoms with van der Waals surface area (Å²) in [5.41, 5.74) is 0. The van der Waals surface area contributed by atoms with Crippen molar-refractivity contribution in [2.45, 2.75) is 136 Å². The molecule has 0 saturated heterocycles. The van der Waals surface area contributed by atoms with E-state index in [0.717, 1.165) is 19.5 Å². The minimum absolute atomic E-state index is 0.158. The Morgan fingerprint density at radius 2 is 0.857 bits per heavy atom. The van der Waals surface area contributed by atoms with Gasteiger partial charge in [0, 0.05) is 6.54 Å². The maximum Gasteiger partial charge on any atom is 0.233 e. The number of nitrogens with one attached hydrogen (secondary N) is 2. The van der Waals surface area contributed by atoms with Gasteiger partial charge in [0.1, 0.15) is 0 Å². The molecule has 0 aromatic heterocycles. The van der Waals surface area contributed by atoms with Crippen molar-refractivity contribution in [2.24, 2.45) is 0 Å². The number of rotatable bonds is 23. The molecule has 28 heavy (non-hydrogen) atoms. The van der Waals surface area contributed by atoms with Crippen LogP contribution in [-0.2, 0) is 4.79 Å². The highest BCUT2D eigenvalue weighted by Crippen LogP contribution is 2.11. The zero-order chi connectivity index (χ0) is 20.5. The zero-order valence-electron chi connectivity index (χ0n) is 19.5. The van der Waals surface area contributed by atoms with E-state index in [9.17, 15) is 4.79 Å². The average Bonchev–Trinajstić information content (AvgIpc) is 2.70. The molecule has 0 saturated carbocycles. The number of hydrogen-bond acceptors (Lipinski definition) is 2. The van der Waals surface area contributed by atoms with Crippen molar-refractivity contribution in [1.29, 1.82) is 0 Å². The van der Waals surface area contributed by atoms with Gasteiger partial charge in [-0.2, -0.15) is 0 Å². The SMILES string of the molecule is CCCCCCCCCCCCCCNC(=O)CNCCCCCCCCC. The average molecular weight is 397 g/mol. The lowest BCUT2D eigenvalue weighted by molar-refractivity contribution is -0.120.